The van der Waals surface area contributed by atoms with Gasteiger partial charge in [0.15, 0.2) is 0 Å². The second kappa shape index (κ2) is 5.10. The Kier molecular flexibility index (Phi) is 3.25. The maximum absolute atomic E-state index is 12.7. The third kappa shape index (κ3) is 1.90. The summed E-state index contributed by atoms with van der Waals surface area (Å²) < 4.78 is 3.17. The standard InChI is InChI=1S/C15H15N5O2/c1-3-19-13(17-2)9(12(16)21)8-10-14(19)18-11-6-4-5-7-20(11)15(10)22/h4-8H,3H2,1-2H3,(H2,16,21)/b17-13+. The van der Waals surface area contributed by atoms with Crippen molar-refractivity contribution in [3.8, 4) is 0 Å². The van der Waals surface area contributed by atoms with E-state index in [9.17, 15) is 9.59 Å². The largest absolute Gasteiger partial charge is 0.365 e. The summed E-state index contributed by atoms with van der Waals surface area (Å²) in [6.07, 6.45) is 1.64. The number of carbonyl (C=O) groups excluding carboxylic acids is 1. The lowest BCUT2D eigenvalue weighted by molar-refractivity contribution is 0.0998. The maximum atomic E-state index is 12.7. The molecule has 0 fully saturated rings. The highest BCUT2D eigenvalue weighted by Crippen LogP contribution is 2.10. The van der Waals surface area contributed by atoms with Crippen LogP contribution >= 0.6 is 0 Å². The Morgan fingerprint density at radius 3 is 2.82 bits per heavy atom. The van der Waals surface area contributed by atoms with Crippen LogP contribution in [0.3, 0.4) is 0 Å². The van der Waals surface area contributed by atoms with Gasteiger partial charge in [-0.05, 0) is 25.1 Å². The number of rotatable bonds is 2. The fraction of sp³-hybridized carbons (Fsp3) is 0.200. The van der Waals surface area contributed by atoms with Crippen LogP contribution in [-0.4, -0.2) is 26.9 Å². The number of carbonyl (C=O) groups is 1. The molecule has 0 spiro atoms. The first kappa shape index (κ1) is 14.0. The first-order valence-corrected chi connectivity index (χ1v) is 6.86. The van der Waals surface area contributed by atoms with Crippen LogP contribution in [0.1, 0.15) is 17.3 Å². The molecule has 0 saturated heterocycles. The third-order valence-electron chi connectivity index (χ3n) is 3.58. The van der Waals surface area contributed by atoms with Crippen molar-refractivity contribution in [2.45, 2.75) is 13.5 Å². The number of hydrogen-bond acceptors (Lipinski definition) is 4. The maximum Gasteiger partial charge on any atom is 0.267 e. The fourth-order valence-electron chi connectivity index (χ4n) is 2.60. The lowest BCUT2D eigenvalue weighted by Crippen LogP contribution is -2.32. The molecule has 3 aromatic heterocycles. The molecule has 1 amide bonds. The number of pyridine rings is 2. The average molecular weight is 297 g/mol. The van der Waals surface area contributed by atoms with E-state index in [0.29, 0.717) is 28.7 Å². The number of primary amides is 1. The molecule has 22 heavy (non-hydrogen) atoms. The van der Waals surface area contributed by atoms with E-state index in [1.807, 2.05) is 13.0 Å². The Bertz CT molecular complexity index is 1030. The van der Waals surface area contributed by atoms with Crippen molar-refractivity contribution in [1.29, 1.82) is 0 Å². The Morgan fingerprint density at radius 2 is 2.18 bits per heavy atom. The Hall–Kier alpha value is -2.96. The molecule has 0 bridgehead atoms. The number of fused-ring (bicyclic) bond motifs is 2. The molecule has 7 heteroatoms. The highest BCUT2D eigenvalue weighted by molar-refractivity contribution is 5.95. The summed E-state index contributed by atoms with van der Waals surface area (Å²) in [5.41, 5.74) is 6.85. The zero-order valence-corrected chi connectivity index (χ0v) is 12.3. The van der Waals surface area contributed by atoms with Gasteiger partial charge in [0.2, 0.25) is 0 Å². The van der Waals surface area contributed by atoms with Crippen LogP contribution in [0.25, 0.3) is 16.7 Å². The molecular weight excluding hydrogens is 282 g/mol. The molecule has 0 atom stereocenters. The fourth-order valence-corrected chi connectivity index (χ4v) is 2.60. The van der Waals surface area contributed by atoms with Crippen LogP contribution in [0, 0.1) is 0 Å². The van der Waals surface area contributed by atoms with Crippen LogP contribution in [0.4, 0.5) is 0 Å². The molecule has 3 aromatic rings. The summed E-state index contributed by atoms with van der Waals surface area (Å²) in [7, 11) is 1.58. The summed E-state index contributed by atoms with van der Waals surface area (Å²) in [5, 5.41) is 0.340. The van der Waals surface area contributed by atoms with E-state index < -0.39 is 5.91 Å². The van der Waals surface area contributed by atoms with Crippen molar-refractivity contribution in [2.24, 2.45) is 10.7 Å². The van der Waals surface area contributed by atoms with Crippen molar-refractivity contribution in [2.75, 3.05) is 7.05 Å². The first-order valence-electron chi connectivity index (χ1n) is 6.86. The Labute approximate surface area is 125 Å². The number of nitrogens with two attached hydrogens (primary N) is 1. The highest BCUT2D eigenvalue weighted by atomic mass is 16.1. The van der Waals surface area contributed by atoms with Gasteiger partial charge < -0.3 is 10.3 Å². The van der Waals surface area contributed by atoms with Crippen molar-refractivity contribution in [3.05, 3.63) is 51.9 Å². The lowest BCUT2D eigenvalue weighted by Gasteiger charge is -2.12. The molecule has 3 heterocycles. The summed E-state index contributed by atoms with van der Waals surface area (Å²) >= 11 is 0. The van der Waals surface area contributed by atoms with Gasteiger partial charge in [-0.3, -0.25) is 19.0 Å². The summed E-state index contributed by atoms with van der Waals surface area (Å²) in [6, 6.07) is 6.79. The van der Waals surface area contributed by atoms with Crippen LogP contribution in [0.5, 0.6) is 0 Å². The second-order valence-corrected chi connectivity index (χ2v) is 4.80. The number of aryl methyl sites for hydroxylation is 1. The van der Waals surface area contributed by atoms with Crippen LogP contribution in [0.15, 0.2) is 40.2 Å². The number of aromatic nitrogens is 3. The molecule has 0 radical (unpaired) electrons. The molecule has 7 nitrogen and oxygen atoms in total. The molecule has 0 aromatic carbocycles. The van der Waals surface area contributed by atoms with E-state index in [1.54, 1.807) is 29.9 Å². The molecule has 0 unspecified atom stereocenters. The Balaban J connectivity index is 2.65. The monoisotopic (exact) mass is 297 g/mol. The van der Waals surface area contributed by atoms with Crippen molar-refractivity contribution >= 4 is 22.6 Å². The smallest absolute Gasteiger partial charge is 0.267 e. The molecule has 3 rings (SSSR count). The normalized spacial score (nSPS) is 12.2. The van der Waals surface area contributed by atoms with Crippen LogP contribution in [-0.2, 0) is 6.54 Å². The SMILES string of the molecule is CCn1/c(=N/C)c(C(N)=O)cc2c(=O)n3ccccc3nc21. The van der Waals surface area contributed by atoms with Gasteiger partial charge in [0.1, 0.15) is 16.8 Å². The van der Waals surface area contributed by atoms with Gasteiger partial charge >= 0.3 is 0 Å². The molecular formula is C15H15N5O2. The second-order valence-electron chi connectivity index (χ2n) is 4.80. The van der Waals surface area contributed by atoms with E-state index in [-0.39, 0.29) is 11.1 Å². The van der Waals surface area contributed by atoms with E-state index in [0.717, 1.165) is 0 Å². The van der Waals surface area contributed by atoms with Crippen molar-refractivity contribution in [3.63, 3.8) is 0 Å². The van der Waals surface area contributed by atoms with E-state index in [1.165, 1.54) is 10.5 Å². The van der Waals surface area contributed by atoms with Gasteiger partial charge in [-0.25, -0.2) is 4.98 Å². The minimum atomic E-state index is -0.623. The molecule has 112 valence electrons. The van der Waals surface area contributed by atoms with E-state index >= 15 is 0 Å². The van der Waals surface area contributed by atoms with Gasteiger partial charge in [0, 0.05) is 19.8 Å². The molecule has 0 aliphatic heterocycles. The van der Waals surface area contributed by atoms with E-state index in [4.69, 9.17) is 5.73 Å². The highest BCUT2D eigenvalue weighted by Gasteiger charge is 2.15. The predicted octanol–water partition coefficient (Wildman–Crippen LogP) is 0.298. The van der Waals surface area contributed by atoms with Gasteiger partial charge in [0.25, 0.3) is 11.5 Å². The van der Waals surface area contributed by atoms with Gasteiger partial charge in [-0.2, -0.15) is 0 Å². The zero-order valence-electron chi connectivity index (χ0n) is 12.3. The minimum Gasteiger partial charge on any atom is -0.365 e. The summed E-state index contributed by atoms with van der Waals surface area (Å²) in [6.45, 7) is 2.41. The molecule has 2 N–H and O–H groups in total. The lowest BCUT2D eigenvalue weighted by atomic mass is 10.2. The molecule has 0 aliphatic rings. The number of nitrogens with zero attached hydrogens (tertiary/aromatic N) is 4. The van der Waals surface area contributed by atoms with E-state index in [2.05, 4.69) is 9.98 Å². The van der Waals surface area contributed by atoms with Crippen molar-refractivity contribution in [1.82, 2.24) is 14.0 Å². The Morgan fingerprint density at radius 1 is 1.41 bits per heavy atom. The molecule has 0 saturated carbocycles. The quantitative estimate of drug-likeness (QED) is 0.689. The van der Waals surface area contributed by atoms with Gasteiger partial charge in [-0.15, -0.1) is 0 Å². The number of amides is 1. The van der Waals surface area contributed by atoms with Crippen LogP contribution in [0.2, 0.25) is 0 Å². The predicted molar refractivity (Wildman–Crippen MR) is 82.6 cm³/mol. The topological polar surface area (TPSA) is 94.8 Å². The van der Waals surface area contributed by atoms with Gasteiger partial charge in [0.05, 0.1) is 10.9 Å². The average Bonchev–Trinajstić information content (AvgIpc) is 2.53. The zero-order chi connectivity index (χ0) is 15.9. The van der Waals surface area contributed by atoms with Crippen molar-refractivity contribution < 1.29 is 4.79 Å². The number of hydrogen-bond donors (Lipinski definition) is 1. The third-order valence-corrected chi connectivity index (χ3v) is 3.58. The first-order chi connectivity index (χ1) is 10.6. The summed E-state index contributed by atoms with van der Waals surface area (Å²) in [4.78, 5) is 33.0. The summed E-state index contributed by atoms with van der Waals surface area (Å²) in [5.74, 6) is -0.623. The minimum absolute atomic E-state index is 0.214. The molecule has 0 aliphatic carbocycles. The van der Waals surface area contributed by atoms with Crippen LogP contribution < -0.4 is 16.8 Å². The van der Waals surface area contributed by atoms with Gasteiger partial charge in [-0.1, -0.05) is 6.07 Å².